The van der Waals surface area contributed by atoms with Crippen LogP contribution in [0.25, 0.3) is 0 Å². The van der Waals surface area contributed by atoms with Crippen LogP contribution in [-0.2, 0) is 13.5 Å². The summed E-state index contributed by atoms with van der Waals surface area (Å²) < 4.78 is 1.83. The Morgan fingerprint density at radius 1 is 1.20 bits per heavy atom. The molecule has 1 aromatic carbocycles. The van der Waals surface area contributed by atoms with Crippen molar-refractivity contribution in [2.24, 2.45) is 7.05 Å². The van der Waals surface area contributed by atoms with E-state index >= 15 is 0 Å². The van der Waals surface area contributed by atoms with E-state index in [1.54, 1.807) is 0 Å². The Bertz CT molecular complexity index is 603. The highest BCUT2D eigenvalue weighted by Gasteiger charge is 2.09. The molecule has 0 bridgehead atoms. The highest BCUT2D eigenvalue weighted by Crippen LogP contribution is 2.16. The van der Waals surface area contributed by atoms with Gasteiger partial charge >= 0.3 is 0 Å². The lowest BCUT2D eigenvalue weighted by molar-refractivity contribution is 0.0946. The van der Waals surface area contributed by atoms with Gasteiger partial charge in [-0.25, -0.2) is 0 Å². The molecule has 106 valence electrons. The molecule has 3 nitrogen and oxygen atoms in total. The Kier molecular flexibility index (Phi) is 4.28. The van der Waals surface area contributed by atoms with Crippen molar-refractivity contribution in [3.8, 4) is 0 Å². The maximum Gasteiger partial charge on any atom is 0.267 e. The van der Waals surface area contributed by atoms with Crippen molar-refractivity contribution < 1.29 is 4.79 Å². The number of hydrogen-bond donors (Lipinski definition) is 1. The second kappa shape index (κ2) is 5.95. The molecule has 0 saturated carbocycles. The van der Waals surface area contributed by atoms with Crippen LogP contribution in [0.3, 0.4) is 0 Å². The lowest BCUT2D eigenvalue weighted by atomic mass is 9.97. The summed E-state index contributed by atoms with van der Waals surface area (Å²) in [6.07, 6.45) is 2.75. The normalized spacial score (nSPS) is 10.6. The summed E-state index contributed by atoms with van der Waals surface area (Å²) in [5.41, 5.74) is 5.92. The van der Waals surface area contributed by atoms with Crippen molar-refractivity contribution in [2.45, 2.75) is 27.2 Å². The SMILES string of the molecule is Cc1cc(C)c(CCNC(=O)c2cccn2C)c(C)c1. The van der Waals surface area contributed by atoms with Crippen molar-refractivity contribution in [2.75, 3.05) is 6.54 Å². The second-order valence-corrected chi connectivity index (χ2v) is 5.39. The van der Waals surface area contributed by atoms with Crippen LogP contribution in [-0.4, -0.2) is 17.0 Å². The minimum atomic E-state index is -0.0140. The monoisotopic (exact) mass is 270 g/mol. The molecule has 1 amide bonds. The Hall–Kier alpha value is -2.03. The molecule has 0 aliphatic rings. The number of carbonyl (C=O) groups excluding carboxylic acids is 1. The van der Waals surface area contributed by atoms with E-state index < -0.39 is 0 Å². The minimum absolute atomic E-state index is 0.0140. The Morgan fingerprint density at radius 2 is 1.85 bits per heavy atom. The maximum atomic E-state index is 12.0. The molecule has 2 aromatic rings. The molecular formula is C17H22N2O. The van der Waals surface area contributed by atoms with Crippen LogP contribution in [0.15, 0.2) is 30.5 Å². The van der Waals surface area contributed by atoms with E-state index in [0.717, 1.165) is 6.42 Å². The van der Waals surface area contributed by atoms with Gasteiger partial charge < -0.3 is 9.88 Å². The van der Waals surface area contributed by atoms with Gasteiger partial charge in [-0.3, -0.25) is 4.79 Å². The van der Waals surface area contributed by atoms with Crippen molar-refractivity contribution >= 4 is 5.91 Å². The van der Waals surface area contributed by atoms with Crippen molar-refractivity contribution in [1.29, 1.82) is 0 Å². The van der Waals surface area contributed by atoms with E-state index in [9.17, 15) is 4.79 Å². The van der Waals surface area contributed by atoms with E-state index in [0.29, 0.717) is 12.2 Å². The second-order valence-electron chi connectivity index (χ2n) is 5.39. The fourth-order valence-corrected chi connectivity index (χ4v) is 2.69. The topological polar surface area (TPSA) is 34.0 Å². The number of carbonyl (C=O) groups is 1. The molecule has 0 aliphatic carbocycles. The molecule has 2 rings (SSSR count). The fourth-order valence-electron chi connectivity index (χ4n) is 2.69. The van der Waals surface area contributed by atoms with Gasteiger partial charge in [0.15, 0.2) is 0 Å². The molecule has 1 aromatic heterocycles. The van der Waals surface area contributed by atoms with Gasteiger partial charge in [-0.15, -0.1) is 0 Å². The molecule has 0 fully saturated rings. The summed E-state index contributed by atoms with van der Waals surface area (Å²) >= 11 is 0. The third-order valence-corrected chi connectivity index (χ3v) is 3.68. The molecule has 20 heavy (non-hydrogen) atoms. The van der Waals surface area contributed by atoms with E-state index in [1.807, 2.05) is 29.9 Å². The lowest BCUT2D eigenvalue weighted by Gasteiger charge is -2.12. The van der Waals surface area contributed by atoms with E-state index in [4.69, 9.17) is 0 Å². The standard InChI is InChI=1S/C17H22N2O/c1-12-10-13(2)15(14(3)11-12)7-8-18-17(20)16-6-5-9-19(16)4/h5-6,9-11H,7-8H2,1-4H3,(H,18,20). The Morgan fingerprint density at radius 3 is 2.40 bits per heavy atom. The third-order valence-electron chi connectivity index (χ3n) is 3.68. The number of nitrogens with zero attached hydrogens (tertiary/aromatic N) is 1. The molecule has 3 heteroatoms. The van der Waals surface area contributed by atoms with Crippen molar-refractivity contribution in [3.05, 3.63) is 58.4 Å². The van der Waals surface area contributed by atoms with Crippen LogP contribution in [0.1, 0.15) is 32.7 Å². The van der Waals surface area contributed by atoms with Gasteiger partial charge in [-0.1, -0.05) is 17.7 Å². The van der Waals surface area contributed by atoms with E-state index in [1.165, 1.54) is 22.3 Å². The van der Waals surface area contributed by atoms with Gasteiger partial charge in [-0.05, 0) is 56.0 Å². The van der Waals surface area contributed by atoms with Crippen LogP contribution in [0, 0.1) is 20.8 Å². The summed E-state index contributed by atoms with van der Waals surface area (Å²) in [6.45, 7) is 7.04. The van der Waals surface area contributed by atoms with Gasteiger partial charge in [-0.2, -0.15) is 0 Å². The first-order valence-corrected chi connectivity index (χ1v) is 6.95. The van der Waals surface area contributed by atoms with E-state index in [-0.39, 0.29) is 5.91 Å². The zero-order chi connectivity index (χ0) is 14.7. The van der Waals surface area contributed by atoms with Crippen molar-refractivity contribution in [1.82, 2.24) is 9.88 Å². The molecule has 0 unspecified atom stereocenters. The Labute approximate surface area is 120 Å². The summed E-state index contributed by atoms with van der Waals surface area (Å²) in [7, 11) is 1.88. The largest absolute Gasteiger partial charge is 0.350 e. The summed E-state index contributed by atoms with van der Waals surface area (Å²) in [6, 6.07) is 8.10. The Balaban J connectivity index is 1.97. The number of hydrogen-bond acceptors (Lipinski definition) is 1. The zero-order valence-electron chi connectivity index (χ0n) is 12.7. The first kappa shape index (κ1) is 14.4. The molecule has 1 N–H and O–H groups in total. The van der Waals surface area contributed by atoms with Crippen molar-refractivity contribution in [3.63, 3.8) is 0 Å². The number of aryl methyl sites for hydroxylation is 4. The minimum Gasteiger partial charge on any atom is -0.350 e. The molecule has 0 saturated heterocycles. The molecule has 0 aliphatic heterocycles. The first-order valence-electron chi connectivity index (χ1n) is 6.95. The fraction of sp³-hybridized carbons (Fsp3) is 0.353. The summed E-state index contributed by atoms with van der Waals surface area (Å²) in [5.74, 6) is -0.0140. The molecular weight excluding hydrogens is 248 g/mol. The average Bonchev–Trinajstić information content (AvgIpc) is 2.78. The van der Waals surface area contributed by atoms with Crippen LogP contribution < -0.4 is 5.32 Å². The zero-order valence-corrected chi connectivity index (χ0v) is 12.7. The van der Waals surface area contributed by atoms with Crippen LogP contribution in [0.4, 0.5) is 0 Å². The highest BCUT2D eigenvalue weighted by atomic mass is 16.1. The molecule has 1 heterocycles. The first-order chi connectivity index (χ1) is 9.49. The van der Waals surface area contributed by atoms with Crippen LogP contribution in [0.2, 0.25) is 0 Å². The van der Waals surface area contributed by atoms with Gasteiger partial charge in [0.2, 0.25) is 0 Å². The number of nitrogens with one attached hydrogen (secondary N) is 1. The predicted octanol–water partition coefficient (Wildman–Crippen LogP) is 2.92. The predicted molar refractivity (Wildman–Crippen MR) is 82.1 cm³/mol. The molecule has 0 radical (unpaired) electrons. The smallest absolute Gasteiger partial charge is 0.267 e. The van der Waals surface area contributed by atoms with Gasteiger partial charge in [0.05, 0.1) is 0 Å². The summed E-state index contributed by atoms with van der Waals surface area (Å²) in [4.78, 5) is 12.0. The summed E-state index contributed by atoms with van der Waals surface area (Å²) in [5, 5.41) is 2.98. The number of amides is 1. The third kappa shape index (κ3) is 3.10. The number of benzene rings is 1. The maximum absolute atomic E-state index is 12.0. The number of aromatic nitrogens is 1. The van der Waals surface area contributed by atoms with E-state index in [2.05, 4.69) is 38.2 Å². The molecule has 0 atom stereocenters. The van der Waals surface area contributed by atoms with Gasteiger partial charge in [0, 0.05) is 19.8 Å². The average molecular weight is 270 g/mol. The lowest BCUT2D eigenvalue weighted by Crippen LogP contribution is -2.27. The number of rotatable bonds is 4. The van der Waals surface area contributed by atoms with Crippen LogP contribution >= 0.6 is 0 Å². The molecule has 0 spiro atoms. The highest BCUT2D eigenvalue weighted by molar-refractivity contribution is 5.92. The quantitative estimate of drug-likeness (QED) is 0.910. The van der Waals surface area contributed by atoms with Gasteiger partial charge in [0.25, 0.3) is 5.91 Å². The van der Waals surface area contributed by atoms with Crippen LogP contribution in [0.5, 0.6) is 0 Å². The van der Waals surface area contributed by atoms with Gasteiger partial charge in [0.1, 0.15) is 5.69 Å².